The molecule has 0 atom stereocenters. The number of hydrogen-bond donors (Lipinski definition) is 0. The average molecular weight is 152 g/mol. The summed E-state index contributed by atoms with van der Waals surface area (Å²) in [6.45, 7) is 10.4. The second-order valence-electron chi connectivity index (χ2n) is 3.76. The smallest absolute Gasteiger partial charge is 0.0302 e. The van der Waals surface area contributed by atoms with Crippen LogP contribution in [0.5, 0.6) is 0 Å². The molecule has 0 fully saturated rings. The van der Waals surface area contributed by atoms with E-state index < -0.39 is 0 Å². The summed E-state index contributed by atoms with van der Waals surface area (Å²) in [4.78, 5) is 0. The Hall–Kier alpha value is -0.520. The zero-order valence-electron chi connectivity index (χ0n) is 8.06. The van der Waals surface area contributed by atoms with Gasteiger partial charge in [-0.15, -0.1) is 6.58 Å². The molecular formula is C11H20. The lowest BCUT2D eigenvalue weighted by molar-refractivity contribution is 0.343. The van der Waals surface area contributed by atoms with Gasteiger partial charge in [0.25, 0.3) is 0 Å². The molecule has 0 bridgehead atoms. The fourth-order valence-corrected chi connectivity index (χ4v) is 1.13. The van der Waals surface area contributed by atoms with Crippen LogP contribution in [0, 0.1) is 5.41 Å². The third kappa shape index (κ3) is 5.90. The normalized spacial score (nSPS) is 12.3. The molecule has 0 radical (unpaired) electrons. The van der Waals surface area contributed by atoms with Crippen molar-refractivity contribution in [2.24, 2.45) is 5.41 Å². The lowest BCUT2D eigenvalue weighted by Crippen LogP contribution is -2.08. The third-order valence-electron chi connectivity index (χ3n) is 1.92. The minimum Gasteiger partial charge on any atom is -0.103 e. The zero-order valence-corrected chi connectivity index (χ0v) is 8.06. The first-order valence-corrected chi connectivity index (χ1v) is 4.34. The first-order valence-electron chi connectivity index (χ1n) is 4.34. The summed E-state index contributed by atoms with van der Waals surface area (Å²) in [7, 11) is 0. The van der Waals surface area contributed by atoms with Gasteiger partial charge < -0.3 is 0 Å². The maximum atomic E-state index is 3.76. The minimum atomic E-state index is 0.432. The standard InChI is InChI=1S/C11H20/c1-5-7-8-10-11(3,4)9-6-2/h5-7H,2,8-10H2,1,3-4H3/b7-5+. The van der Waals surface area contributed by atoms with Gasteiger partial charge in [-0.05, 0) is 31.6 Å². The molecular weight excluding hydrogens is 132 g/mol. The molecule has 0 rings (SSSR count). The molecule has 0 N–H and O–H groups in total. The van der Waals surface area contributed by atoms with Gasteiger partial charge in [0.2, 0.25) is 0 Å². The highest BCUT2D eigenvalue weighted by Gasteiger charge is 2.13. The molecule has 0 aromatic rings. The summed E-state index contributed by atoms with van der Waals surface area (Å²) >= 11 is 0. The Labute approximate surface area is 71.0 Å². The van der Waals surface area contributed by atoms with Gasteiger partial charge in [0.05, 0.1) is 0 Å². The SMILES string of the molecule is C=CCC(C)(C)CC/C=C/C. The summed E-state index contributed by atoms with van der Waals surface area (Å²) in [6.07, 6.45) is 9.91. The molecule has 0 saturated carbocycles. The Morgan fingerprint density at radius 1 is 1.36 bits per heavy atom. The Morgan fingerprint density at radius 2 is 2.00 bits per heavy atom. The quantitative estimate of drug-likeness (QED) is 0.523. The molecule has 0 heterocycles. The van der Waals surface area contributed by atoms with Gasteiger partial charge in [0.1, 0.15) is 0 Å². The predicted molar refractivity (Wildman–Crippen MR) is 52.6 cm³/mol. The molecule has 0 amide bonds. The summed E-state index contributed by atoms with van der Waals surface area (Å²) in [5, 5.41) is 0. The van der Waals surface area contributed by atoms with Crippen LogP contribution in [-0.2, 0) is 0 Å². The van der Waals surface area contributed by atoms with Crippen LogP contribution < -0.4 is 0 Å². The van der Waals surface area contributed by atoms with Crippen molar-refractivity contribution in [3.8, 4) is 0 Å². The van der Waals surface area contributed by atoms with Gasteiger partial charge in [-0.25, -0.2) is 0 Å². The van der Waals surface area contributed by atoms with Crippen molar-refractivity contribution in [3.63, 3.8) is 0 Å². The van der Waals surface area contributed by atoms with Crippen molar-refractivity contribution in [1.29, 1.82) is 0 Å². The fraction of sp³-hybridized carbons (Fsp3) is 0.636. The molecule has 0 aliphatic carbocycles. The van der Waals surface area contributed by atoms with Gasteiger partial charge in [-0.1, -0.05) is 32.1 Å². The van der Waals surface area contributed by atoms with Crippen molar-refractivity contribution in [2.45, 2.75) is 40.0 Å². The minimum absolute atomic E-state index is 0.432. The van der Waals surface area contributed by atoms with Crippen molar-refractivity contribution in [3.05, 3.63) is 24.8 Å². The van der Waals surface area contributed by atoms with Crippen LogP contribution in [0.4, 0.5) is 0 Å². The molecule has 0 aromatic heterocycles. The molecule has 0 nitrogen and oxygen atoms in total. The highest BCUT2D eigenvalue weighted by Crippen LogP contribution is 2.26. The fourth-order valence-electron chi connectivity index (χ4n) is 1.13. The molecule has 11 heavy (non-hydrogen) atoms. The van der Waals surface area contributed by atoms with Crippen LogP contribution in [0.25, 0.3) is 0 Å². The second-order valence-corrected chi connectivity index (χ2v) is 3.76. The van der Waals surface area contributed by atoms with Crippen LogP contribution in [0.15, 0.2) is 24.8 Å². The lowest BCUT2D eigenvalue weighted by Gasteiger charge is -2.21. The summed E-state index contributed by atoms with van der Waals surface area (Å²) in [6, 6.07) is 0. The van der Waals surface area contributed by atoms with E-state index in [1.165, 1.54) is 12.8 Å². The number of hydrogen-bond acceptors (Lipinski definition) is 0. The first-order chi connectivity index (χ1) is 5.12. The zero-order chi connectivity index (χ0) is 8.74. The molecule has 64 valence electrons. The molecule has 0 aliphatic rings. The molecule has 0 aliphatic heterocycles. The van der Waals surface area contributed by atoms with E-state index in [2.05, 4.69) is 39.5 Å². The monoisotopic (exact) mass is 152 g/mol. The Morgan fingerprint density at radius 3 is 2.45 bits per heavy atom. The van der Waals surface area contributed by atoms with Crippen LogP contribution in [0.2, 0.25) is 0 Å². The number of rotatable bonds is 5. The lowest BCUT2D eigenvalue weighted by atomic mass is 9.84. The molecule has 0 unspecified atom stereocenters. The van der Waals surface area contributed by atoms with Crippen LogP contribution in [0.1, 0.15) is 40.0 Å². The molecule has 0 spiro atoms. The van der Waals surface area contributed by atoms with E-state index in [9.17, 15) is 0 Å². The highest BCUT2D eigenvalue weighted by atomic mass is 14.2. The van der Waals surface area contributed by atoms with Gasteiger partial charge >= 0.3 is 0 Å². The summed E-state index contributed by atoms with van der Waals surface area (Å²) in [5.74, 6) is 0. The van der Waals surface area contributed by atoms with E-state index in [4.69, 9.17) is 0 Å². The Kier molecular flexibility index (Phi) is 4.93. The maximum Gasteiger partial charge on any atom is -0.0302 e. The van der Waals surface area contributed by atoms with Crippen molar-refractivity contribution in [1.82, 2.24) is 0 Å². The van der Waals surface area contributed by atoms with Gasteiger partial charge in [-0.3, -0.25) is 0 Å². The predicted octanol–water partition coefficient (Wildman–Crippen LogP) is 3.95. The van der Waals surface area contributed by atoms with Crippen molar-refractivity contribution >= 4 is 0 Å². The number of allylic oxidation sites excluding steroid dienone is 3. The largest absolute Gasteiger partial charge is 0.103 e. The third-order valence-corrected chi connectivity index (χ3v) is 1.92. The topological polar surface area (TPSA) is 0 Å². The van der Waals surface area contributed by atoms with E-state index in [1.54, 1.807) is 0 Å². The Balaban J connectivity index is 3.62. The van der Waals surface area contributed by atoms with E-state index in [0.717, 1.165) is 6.42 Å². The van der Waals surface area contributed by atoms with Gasteiger partial charge in [-0.2, -0.15) is 0 Å². The van der Waals surface area contributed by atoms with E-state index >= 15 is 0 Å². The van der Waals surface area contributed by atoms with Crippen molar-refractivity contribution in [2.75, 3.05) is 0 Å². The summed E-state index contributed by atoms with van der Waals surface area (Å²) < 4.78 is 0. The van der Waals surface area contributed by atoms with Crippen LogP contribution in [-0.4, -0.2) is 0 Å². The Bertz CT molecular complexity index is 129. The van der Waals surface area contributed by atoms with E-state index in [1.807, 2.05) is 6.08 Å². The average Bonchev–Trinajstić information content (AvgIpc) is 1.87. The molecule has 0 heteroatoms. The van der Waals surface area contributed by atoms with Crippen LogP contribution in [0.3, 0.4) is 0 Å². The van der Waals surface area contributed by atoms with E-state index in [-0.39, 0.29) is 0 Å². The van der Waals surface area contributed by atoms with E-state index in [0.29, 0.717) is 5.41 Å². The van der Waals surface area contributed by atoms with Gasteiger partial charge in [0, 0.05) is 0 Å². The second kappa shape index (κ2) is 5.17. The molecule has 0 saturated heterocycles. The summed E-state index contributed by atoms with van der Waals surface area (Å²) in [5.41, 5.74) is 0.432. The maximum absolute atomic E-state index is 3.76. The van der Waals surface area contributed by atoms with Crippen LogP contribution >= 0.6 is 0 Å². The highest BCUT2D eigenvalue weighted by molar-refractivity contribution is 4.84. The molecule has 0 aromatic carbocycles. The van der Waals surface area contributed by atoms with Gasteiger partial charge in [0.15, 0.2) is 0 Å². The first kappa shape index (κ1) is 10.5. The van der Waals surface area contributed by atoms with Crippen molar-refractivity contribution < 1.29 is 0 Å².